The molecule has 33 heavy (non-hydrogen) atoms. The van der Waals surface area contributed by atoms with Crippen LogP contribution in [0, 0.1) is 24.2 Å². The van der Waals surface area contributed by atoms with Crippen LogP contribution in [0.3, 0.4) is 0 Å². The predicted molar refractivity (Wildman–Crippen MR) is 121 cm³/mol. The Morgan fingerprint density at radius 2 is 1.94 bits per heavy atom. The molecule has 1 saturated carbocycles. The van der Waals surface area contributed by atoms with Crippen molar-refractivity contribution in [3.05, 3.63) is 30.1 Å². The van der Waals surface area contributed by atoms with Gasteiger partial charge in [0.1, 0.15) is 11.6 Å². The number of halogens is 3. The SMILES string of the molecule is Cc1cc(N2CC3CCC(C2)C3Nc2nc3c(OCC(C)(C)C(F)(F)F)cccn3n2)sn1. The molecule has 1 saturated heterocycles. The van der Waals surface area contributed by atoms with Gasteiger partial charge in [-0.2, -0.15) is 22.5 Å². The lowest BCUT2D eigenvalue weighted by atomic mass is 9.92. The van der Waals surface area contributed by atoms with Crippen LogP contribution in [0.1, 0.15) is 32.4 Å². The lowest BCUT2D eigenvalue weighted by Crippen LogP contribution is -2.48. The Hall–Kier alpha value is -2.56. The molecule has 1 aliphatic carbocycles. The molecule has 3 aromatic heterocycles. The van der Waals surface area contributed by atoms with Gasteiger partial charge in [-0.25, -0.2) is 4.52 Å². The van der Waals surface area contributed by atoms with Crippen molar-refractivity contribution in [2.24, 2.45) is 17.3 Å². The number of nitrogens with one attached hydrogen (secondary N) is 1. The molecule has 0 aromatic carbocycles. The molecule has 5 rings (SSSR count). The molecule has 1 N–H and O–H groups in total. The minimum absolute atomic E-state index is 0.265. The largest absolute Gasteiger partial charge is 0.489 e. The van der Waals surface area contributed by atoms with Gasteiger partial charge in [0.05, 0.1) is 11.1 Å². The molecule has 2 fully saturated rings. The summed E-state index contributed by atoms with van der Waals surface area (Å²) in [6.45, 7) is 5.69. The van der Waals surface area contributed by atoms with E-state index in [1.54, 1.807) is 34.4 Å². The van der Waals surface area contributed by atoms with Gasteiger partial charge in [0.25, 0.3) is 0 Å². The van der Waals surface area contributed by atoms with Gasteiger partial charge in [-0.3, -0.25) is 0 Å². The molecule has 2 unspecified atom stereocenters. The predicted octanol–water partition coefficient (Wildman–Crippen LogP) is 4.79. The van der Waals surface area contributed by atoms with Gasteiger partial charge in [-0.05, 0) is 75.2 Å². The molecule has 178 valence electrons. The highest BCUT2D eigenvalue weighted by Gasteiger charge is 2.48. The molecule has 1 aliphatic heterocycles. The Morgan fingerprint density at radius 1 is 1.21 bits per heavy atom. The van der Waals surface area contributed by atoms with E-state index in [0.29, 0.717) is 23.4 Å². The number of pyridine rings is 1. The van der Waals surface area contributed by atoms with Crippen molar-refractivity contribution in [1.82, 2.24) is 19.0 Å². The number of piperidine rings is 1. The number of anilines is 2. The third kappa shape index (κ3) is 4.22. The van der Waals surface area contributed by atoms with Crippen molar-refractivity contribution in [3.63, 3.8) is 0 Å². The van der Waals surface area contributed by atoms with Crippen molar-refractivity contribution < 1.29 is 17.9 Å². The van der Waals surface area contributed by atoms with E-state index < -0.39 is 18.2 Å². The minimum atomic E-state index is -4.36. The zero-order valence-electron chi connectivity index (χ0n) is 18.8. The van der Waals surface area contributed by atoms with E-state index in [0.717, 1.165) is 45.5 Å². The van der Waals surface area contributed by atoms with Gasteiger partial charge in [0.2, 0.25) is 5.95 Å². The number of rotatable bonds is 6. The monoisotopic (exact) mass is 480 g/mol. The van der Waals surface area contributed by atoms with Crippen LogP contribution in [0.15, 0.2) is 24.4 Å². The van der Waals surface area contributed by atoms with Crippen LogP contribution >= 0.6 is 11.5 Å². The van der Waals surface area contributed by atoms with Crippen molar-refractivity contribution in [3.8, 4) is 5.75 Å². The molecule has 0 radical (unpaired) electrons. The molecule has 0 amide bonds. The lowest BCUT2D eigenvalue weighted by Gasteiger charge is -2.38. The molecular formula is C22H27F3N6OS. The maximum Gasteiger partial charge on any atom is 0.397 e. The minimum Gasteiger partial charge on any atom is -0.489 e. The summed E-state index contributed by atoms with van der Waals surface area (Å²) in [5.74, 6) is 1.71. The van der Waals surface area contributed by atoms with Crippen molar-refractivity contribution >= 4 is 28.1 Å². The third-order valence-corrected chi connectivity index (χ3v) is 7.68. The second-order valence-electron chi connectivity index (χ2n) is 9.73. The Kier molecular flexibility index (Phi) is 5.42. The standard InChI is InChI=1S/C22H27F3N6OS/c1-13-9-17(33-29-13)30-10-14-6-7-15(11-30)18(14)26-20-27-19-16(5-4-8-31(19)28-20)32-12-21(2,3)22(23,24)25/h4-5,8-9,14-15,18H,6-7,10-12H2,1-3H3,(H,26,28). The third-order valence-electron chi connectivity index (χ3n) is 6.74. The Labute approximate surface area is 194 Å². The van der Waals surface area contributed by atoms with Crippen molar-refractivity contribution in [2.75, 3.05) is 29.9 Å². The van der Waals surface area contributed by atoms with E-state index in [-0.39, 0.29) is 11.8 Å². The number of nitrogens with zero attached hydrogens (tertiary/aromatic N) is 5. The Balaban J connectivity index is 1.30. The first-order chi connectivity index (χ1) is 15.6. The number of aromatic nitrogens is 4. The van der Waals surface area contributed by atoms with Crippen LogP contribution in [0.2, 0.25) is 0 Å². The normalized spacial score (nSPS) is 23.3. The number of hydrogen-bond acceptors (Lipinski definition) is 7. The summed E-state index contributed by atoms with van der Waals surface area (Å²) >= 11 is 1.55. The molecule has 4 heterocycles. The Bertz CT molecular complexity index is 1130. The molecule has 11 heteroatoms. The average molecular weight is 481 g/mol. The highest BCUT2D eigenvalue weighted by Crippen LogP contribution is 2.41. The number of alkyl halides is 3. The van der Waals surface area contributed by atoms with Gasteiger partial charge in [0, 0.05) is 25.3 Å². The zero-order chi connectivity index (χ0) is 23.4. The van der Waals surface area contributed by atoms with Gasteiger partial charge in [0.15, 0.2) is 11.4 Å². The van der Waals surface area contributed by atoms with Crippen molar-refractivity contribution in [1.29, 1.82) is 0 Å². The smallest absolute Gasteiger partial charge is 0.397 e. The number of ether oxygens (including phenoxy) is 1. The summed E-state index contributed by atoms with van der Waals surface area (Å²) in [5.41, 5.74) is -0.513. The molecule has 2 aliphatic rings. The topological polar surface area (TPSA) is 67.6 Å². The van der Waals surface area contributed by atoms with Gasteiger partial charge >= 0.3 is 6.18 Å². The summed E-state index contributed by atoms with van der Waals surface area (Å²) in [6.07, 6.45) is -0.348. The summed E-state index contributed by atoms with van der Waals surface area (Å²) in [5, 5.41) is 9.24. The van der Waals surface area contributed by atoms with E-state index in [9.17, 15) is 13.2 Å². The molecule has 7 nitrogen and oxygen atoms in total. The summed E-state index contributed by atoms with van der Waals surface area (Å²) in [4.78, 5) is 6.99. The first-order valence-corrected chi connectivity index (χ1v) is 11.9. The molecule has 2 bridgehead atoms. The zero-order valence-corrected chi connectivity index (χ0v) is 19.6. The van der Waals surface area contributed by atoms with E-state index >= 15 is 0 Å². The summed E-state index contributed by atoms with van der Waals surface area (Å²) in [7, 11) is 0. The maximum absolute atomic E-state index is 13.2. The van der Waals surface area contributed by atoms with E-state index in [1.807, 2.05) is 6.92 Å². The fraction of sp³-hybridized carbons (Fsp3) is 0.591. The van der Waals surface area contributed by atoms with E-state index in [4.69, 9.17) is 4.74 Å². The van der Waals surface area contributed by atoms with Gasteiger partial charge in [-0.15, -0.1) is 5.10 Å². The molecular weight excluding hydrogens is 453 g/mol. The van der Waals surface area contributed by atoms with Crippen LogP contribution in [-0.4, -0.2) is 50.9 Å². The van der Waals surface area contributed by atoms with Crippen LogP contribution in [0.4, 0.5) is 24.1 Å². The van der Waals surface area contributed by atoms with Crippen LogP contribution in [0.5, 0.6) is 5.75 Å². The molecule has 0 spiro atoms. The van der Waals surface area contributed by atoms with Gasteiger partial charge in [-0.1, -0.05) is 0 Å². The Morgan fingerprint density at radius 3 is 2.58 bits per heavy atom. The van der Waals surface area contributed by atoms with Crippen LogP contribution in [-0.2, 0) is 0 Å². The number of fused-ring (bicyclic) bond motifs is 3. The quantitative estimate of drug-likeness (QED) is 0.547. The number of hydrogen-bond donors (Lipinski definition) is 1. The second-order valence-corrected chi connectivity index (χ2v) is 10.5. The number of aryl methyl sites for hydroxylation is 1. The lowest BCUT2D eigenvalue weighted by molar-refractivity contribution is -0.219. The molecule has 3 aromatic rings. The first kappa shape index (κ1) is 22.2. The average Bonchev–Trinajstić information content (AvgIpc) is 3.41. The molecule has 2 atom stereocenters. The van der Waals surface area contributed by atoms with Gasteiger partial charge < -0.3 is 15.0 Å². The fourth-order valence-corrected chi connectivity index (χ4v) is 5.46. The van der Waals surface area contributed by atoms with E-state index in [2.05, 4.69) is 30.7 Å². The fourth-order valence-electron chi connectivity index (χ4n) is 4.68. The summed E-state index contributed by atoms with van der Waals surface area (Å²) in [6, 6.07) is 5.73. The van der Waals surface area contributed by atoms with Crippen LogP contribution < -0.4 is 15.0 Å². The highest BCUT2D eigenvalue weighted by atomic mass is 32.1. The van der Waals surface area contributed by atoms with Crippen molar-refractivity contribution in [2.45, 2.75) is 45.8 Å². The second kappa shape index (κ2) is 8.03. The summed E-state index contributed by atoms with van der Waals surface area (Å²) < 4.78 is 51.1. The first-order valence-electron chi connectivity index (χ1n) is 11.1. The highest BCUT2D eigenvalue weighted by molar-refractivity contribution is 7.10. The van der Waals surface area contributed by atoms with Crippen LogP contribution in [0.25, 0.3) is 5.65 Å². The maximum atomic E-state index is 13.2. The van der Waals surface area contributed by atoms with E-state index in [1.165, 1.54) is 5.00 Å².